The number of para-hydroxylation sites is 1. The predicted molar refractivity (Wildman–Crippen MR) is 155 cm³/mol. The lowest BCUT2D eigenvalue weighted by atomic mass is 10.0. The van der Waals surface area contributed by atoms with Crippen molar-refractivity contribution in [3.63, 3.8) is 0 Å². The number of fused-ring (bicyclic) bond motifs is 2. The summed E-state index contributed by atoms with van der Waals surface area (Å²) in [5, 5.41) is 9.56. The van der Waals surface area contributed by atoms with Gasteiger partial charge in [-0.1, -0.05) is 79.4 Å². The van der Waals surface area contributed by atoms with E-state index in [1.165, 1.54) is 10.8 Å². The maximum atomic E-state index is 4.37. The number of rotatable bonds is 5. The van der Waals surface area contributed by atoms with Crippen LogP contribution in [0.3, 0.4) is 0 Å². The molecule has 0 saturated carbocycles. The molecule has 0 spiro atoms. The summed E-state index contributed by atoms with van der Waals surface area (Å²) >= 11 is 0. The van der Waals surface area contributed by atoms with Gasteiger partial charge in [0, 0.05) is 45.6 Å². The van der Waals surface area contributed by atoms with Crippen molar-refractivity contribution in [1.29, 1.82) is 0 Å². The van der Waals surface area contributed by atoms with E-state index in [4.69, 9.17) is 0 Å². The summed E-state index contributed by atoms with van der Waals surface area (Å²) in [5.74, 6) is 0. The van der Waals surface area contributed by atoms with Crippen LogP contribution in [0.1, 0.15) is 5.56 Å². The summed E-state index contributed by atoms with van der Waals surface area (Å²) in [6.07, 6.45) is 14.9. The molecule has 4 aromatic rings. The first-order chi connectivity index (χ1) is 17.7. The average molecular weight is 466 g/mol. The van der Waals surface area contributed by atoms with Gasteiger partial charge >= 0.3 is 0 Å². The fourth-order valence-electron chi connectivity index (χ4n) is 4.77. The molecule has 1 aliphatic heterocycles. The van der Waals surface area contributed by atoms with E-state index in [9.17, 15) is 0 Å². The van der Waals surface area contributed by atoms with Gasteiger partial charge in [-0.05, 0) is 65.6 Å². The molecule has 36 heavy (non-hydrogen) atoms. The van der Waals surface area contributed by atoms with E-state index in [0.717, 1.165) is 39.6 Å². The minimum Gasteiger partial charge on any atom is -0.356 e. The third-order valence-electron chi connectivity index (χ3n) is 6.55. The molecule has 1 atom stereocenters. The van der Waals surface area contributed by atoms with Crippen LogP contribution in [-0.2, 0) is 0 Å². The summed E-state index contributed by atoms with van der Waals surface area (Å²) in [6.45, 7) is 4.37. The van der Waals surface area contributed by atoms with Crippen LogP contribution in [0, 0.1) is 0 Å². The largest absolute Gasteiger partial charge is 0.356 e. The van der Waals surface area contributed by atoms with Crippen LogP contribution < -0.4 is 15.5 Å². The normalized spacial score (nSPS) is 18.2. The summed E-state index contributed by atoms with van der Waals surface area (Å²) in [6, 6.07) is 31.7. The SMILES string of the molecule is C=C1/C=C\C=C/N(C2C=CC(Nc3ccccc3)=C2)c2ccc(Nc3cccc4ccccc34)cc21. The Balaban J connectivity index is 1.32. The standard InChI is InChI=1S/C33H27N3/c1-24-10-7-8-21-36(29-19-17-27(22-29)34-26-13-3-2-4-14-26)33-20-18-28(23-31(24)33)35-32-16-9-12-25-11-5-6-15-30(25)32/h2-23,29,34-35H,1H2/b10-7-,21-8-. The maximum Gasteiger partial charge on any atom is 0.0727 e. The van der Waals surface area contributed by atoms with Crippen LogP contribution in [0.4, 0.5) is 22.7 Å². The lowest BCUT2D eigenvalue weighted by Crippen LogP contribution is -2.27. The van der Waals surface area contributed by atoms with Crippen molar-refractivity contribution >= 4 is 39.1 Å². The zero-order valence-corrected chi connectivity index (χ0v) is 19.9. The molecular formula is C33H27N3. The highest BCUT2D eigenvalue weighted by molar-refractivity contribution is 5.96. The van der Waals surface area contributed by atoms with Gasteiger partial charge in [0.25, 0.3) is 0 Å². The molecule has 3 heteroatoms. The lowest BCUT2D eigenvalue weighted by Gasteiger charge is -2.29. The topological polar surface area (TPSA) is 27.3 Å². The van der Waals surface area contributed by atoms with E-state index in [1.807, 2.05) is 18.2 Å². The Kier molecular flexibility index (Phi) is 5.72. The Labute approximate surface area is 212 Å². The Morgan fingerprint density at radius 1 is 0.722 bits per heavy atom. The predicted octanol–water partition coefficient (Wildman–Crippen LogP) is 8.42. The fourth-order valence-corrected chi connectivity index (χ4v) is 4.77. The van der Waals surface area contributed by atoms with Crippen molar-refractivity contribution in [1.82, 2.24) is 0 Å². The molecule has 0 aromatic heterocycles. The second-order valence-electron chi connectivity index (χ2n) is 8.98. The highest BCUT2D eigenvalue weighted by Gasteiger charge is 2.21. The minimum absolute atomic E-state index is 0.0994. The number of nitrogens with zero attached hydrogens (tertiary/aromatic N) is 1. The van der Waals surface area contributed by atoms with Crippen molar-refractivity contribution in [3.05, 3.63) is 151 Å². The third kappa shape index (κ3) is 4.35. The van der Waals surface area contributed by atoms with Crippen molar-refractivity contribution in [3.8, 4) is 0 Å². The molecule has 6 rings (SSSR count). The number of allylic oxidation sites excluding steroid dienone is 5. The maximum absolute atomic E-state index is 4.37. The van der Waals surface area contributed by atoms with Crippen molar-refractivity contribution < 1.29 is 0 Å². The molecular weight excluding hydrogens is 438 g/mol. The van der Waals surface area contributed by atoms with E-state index < -0.39 is 0 Å². The van der Waals surface area contributed by atoms with Crippen LogP contribution in [0.5, 0.6) is 0 Å². The summed E-state index contributed by atoms with van der Waals surface area (Å²) < 4.78 is 0. The highest BCUT2D eigenvalue weighted by Crippen LogP contribution is 2.36. The van der Waals surface area contributed by atoms with Crippen molar-refractivity contribution in [2.75, 3.05) is 15.5 Å². The highest BCUT2D eigenvalue weighted by atomic mass is 15.1. The Morgan fingerprint density at radius 2 is 1.56 bits per heavy atom. The molecule has 0 bridgehead atoms. The molecule has 1 unspecified atom stereocenters. The number of nitrogens with one attached hydrogen (secondary N) is 2. The molecule has 0 radical (unpaired) electrons. The van der Waals surface area contributed by atoms with Crippen molar-refractivity contribution in [2.24, 2.45) is 0 Å². The fraction of sp³-hybridized carbons (Fsp3) is 0.0303. The minimum atomic E-state index is 0.0994. The quantitative estimate of drug-likeness (QED) is 0.310. The van der Waals surface area contributed by atoms with E-state index in [-0.39, 0.29) is 6.04 Å². The first-order valence-electron chi connectivity index (χ1n) is 12.2. The van der Waals surface area contributed by atoms with Crippen LogP contribution in [0.25, 0.3) is 16.3 Å². The van der Waals surface area contributed by atoms with E-state index >= 15 is 0 Å². The van der Waals surface area contributed by atoms with Gasteiger partial charge < -0.3 is 15.5 Å². The Morgan fingerprint density at radius 3 is 2.47 bits per heavy atom. The smallest absolute Gasteiger partial charge is 0.0727 e. The second kappa shape index (κ2) is 9.47. The molecule has 174 valence electrons. The average Bonchev–Trinajstić information content (AvgIpc) is 3.36. The summed E-state index contributed by atoms with van der Waals surface area (Å²) in [5.41, 5.74) is 7.51. The first-order valence-corrected chi connectivity index (χ1v) is 12.2. The van der Waals surface area contributed by atoms with Crippen LogP contribution in [0.2, 0.25) is 0 Å². The van der Waals surface area contributed by atoms with Crippen molar-refractivity contribution in [2.45, 2.75) is 6.04 Å². The zero-order valence-electron chi connectivity index (χ0n) is 19.9. The molecule has 0 saturated heterocycles. The molecule has 2 N–H and O–H groups in total. The summed E-state index contributed by atoms with van der Waals surface area (Å²) in [4.78, 5) is 2.29. The molecule has 3 nitrogen and oxygen atoms in total. The van der Waals surface area contributed by atoms with Crippen LogP contribution >= 0.6 is 0 Å². The van der Waals surface area contributed by atoms with Gasteiger partial charge in [0.05, 0.1) is 6.04 Å². The van der Waals surface area contributed by atoms with E-state index in [2.05, 4.69) is 138 Å². The number of hydrogen-bond donors (Lipinski definition) is 2. The Bertz CT molecular complexity index is 1550. The molecule has 4 aromatic carbocycles. The summed E-state index contributed by atoms with van der Waals surface area (Å²) in [7, 11) is 0. The van der Waals surface area contributed by atoms with Crippen LogP contribution in [-0.4, -0.2) is 6.04 Å². The first kappa shape index (κ1) is 21.8. The Hall–Kier alpha value is -4.76. The molecule has 0 fully saturated rings. The molecule has 1 heterocycles. The number of anilines is 4. The second-order valence-corrected chi connectivity index (χ2v) is 8.98. The van der Waals surface area contributed by atoms with Gasteiger partial charge in [0.1, 0.15) is 0 Å². The van der Waals surface area contributed by atoms with Gasteiger partial charge in [-0.15, -0.1) is 0 Å². The van der Waals surface area contributed by atoms with E-state index in [0.29, 0.717) is 0 Å². The lowest BCUT2D eigenvalue weighted by molar-refractivity contribution is 0.942. The molecule has 0 amide bonds. The molecule has 1 aliphatic carbocycles. The van der Waals surface area contributed by atoms with E-state index in [1.54, 1.807) is 0 Å². The van der Waals surface area contributed by atoms with Gasteiger partial charge in [-0.25, -0.2) is 0 Å². The molecule has 2 aliphatic rings. The van der Waals surface area contributed by atoms with Crippen LogP contribution in [0.15, 0.2) is 146 Å². The zero-order chi connectivity index (χ0) is 24.3. The number of hydrogen-bond acceptors (Lipinski definition) is 3. The number of benzene rings is 4. The van der Waals surface area contributed by atoms with Gasteiger partial charge in [0.2, 0.25) is 0 Å². The van der Waals surface area contributed by atoms with Gasteiger partial charge in [-0.3, -0.25) is 0 Å². The van der Waals surface area contributed by atoms with Gasteiger partial charge in [-0.2, -0.15) is 0 Å². The monoisotopic (exact) mass is 465 g/mol. The van der Waals surface area contributed by atoms with Gasteiger partial charge in [0.15, 0.2) is 0 Å². The third-order valence-corrected chi connectivity index (χ3v) is 6.55.